The van der Waals surface area contributed by atoms with E-state index in [0.29, 0.717) is 23.2 Å². The Morgan fingerprint density at radius 3 is 2.84 bits per heavy atom. The van der Waals surface area contributed by atoms with E-state index in [4.69, 9.17) is 16.3 Å². The molecule has 1 aliphatic carbocycles. The van der Waals surface area contributed by atoms with Crippen LogP contribution in [0.4, 0.5) is 10.2 Å². The fourth-order valence-corrected chi connectivity index (χ4v) is 3.70. The van der Waals surface area contributed by atoms with Crippen molar-refractivity contribution in [2.45, 2.75) is 56.2 Å². The SMILES string of the molecule is OC[C@H]1OC(c2cnc3c(NC4CCCC4)nc(Cl)nn23)[C@@H](F)[C@@H]1O. The lowest BCUT2D eigenvalue weighted by atomic mass is 10.1. The molecule has 2 aromatic rings. The fraction of sp³-hybridized carbons (Fsp3) is 0.667. The Hall–Kier alpha value is -1.55. The van der Waals surface area contributed by atoms with Crippen molar-refractivity contribution in [3.63, 3.8) is 0 Å². The molecule has 10 heteroatoms. The second-order valence-corrected chi connectivity index (χ2v) is 6.82. The standard InChI is InChI=1S/C15H19ClFN5O3/c16-15-20-13(19-7-3-1-2-4-7)14-18-5-8(22(14)21-15)12-10(17)11(24)9(6-23)25-12/h5,7,9-12,23-24H,1-4,6H2,(H,19,20,21)/t9-,10+,11-,12?/m1/s1. The number of aliphatic hydroxyl groups is 2. The minimum absolute atomic E-state index is 0.0000845. The minimum atomic E-state index is -1.70. The van der Waals surface area contributed by atoms with Gasteiger partial charge < -0.3 is 20.3 Å². The van der Waals surface area contributed by atoms with Gasteiger partial charge in [0.05, 0.1) is 18.5 Å². The van der Waals surface area contributed by atoms with Crippen molar-refractivity contribution in [1.82, 2.24) is 19.6 Å². The maximum absolute atomic E-state index is 14.4. The molecule has 0 aromatic carbocycles. The number of halogens is 2. The van der Waals surface area contributed by atoms with Gasteiger partial charge in [0.1, 0.15) is 18.3 Å². The van der Waals surface area contributed by atoms with Crippen LogP contribution in [0.3, 0.4) is 0 Å². The smallest absolute Gasteiger partial charge is 0.243 e. The first kappa shape index (κ1) is 16.9. The number of hydrogen-bond acceptors (Lipinski definition) is 7. The maximum Gasteiger partial charge on any atom is 0.243 e. The molecule has 1 saturated heterocycles. The molecule has 0 spiro atoms. The number of fused-ring (bicyclic) bond motifs is 1. The molecule has 4 atom stereocenters. The molecule has 4 rings (SSSR count). The molecule has 8 nitrogen and oxygen atoms in total. The van der Waals surface area contributed by atoms with Gasteiger partial charge in [-0.1, -0.05) is 12.8 Å². The summed E-state index contributed by atoms with van der Waals surface area (Å²) >= 11 is 6.03. The first-order valence-corrected chi connectivity index (χ1v) is 8.72. The summed E-state index contributed by atoms with van der Waals surface area (Å²) in [5, 5.41) is 26.5. The van der Waals surface area contributed by atoms with Crippen LogP contribution in [0.5, 0.6) is 0 Å². The molecule has 136 valence electrons. The number of rotatable bonds is 4. The average molecular weight is 372 g/mol. The summed E-state index contributed by atoms with van der Waals surface area (Å²) in [5.74, 6) is 0.491. The Kier molecular flexibility index (Phi) is 4.48. The largest absolute Gasteiger partial charge is 0.394 e. The number of alkyl halides is 1. The molecule has 25 heavy (non-hydrogen) atoms. The monoisotopic (exact) mass is 371 g/mol. The normalized spacial score (nSPS) is 30.4. The van der Waals surface area contributed by atoms with Crippen molar-refractivity contribution in [3.05, 3.63) is 17.2 Å². The van der Waals surface area contributed by atoms with Gasteiger partial charge in [-0.2, -0.15) is 4.98 Å². The third kappa shape index (κ3) is 2.95. The zero-order chi connectivity index (χ0) is 17.6. The number of nitrogens with one attached hydrogen (secondary N) is 1. The van der Waals surface area contributed by atoms with Gasteiger partial charge in [-0.05, 0) is 24.4 Å². The molecule has 0 radical (unpaired) electrons. The molecule has 3 N–H and O–H groups in total. The zero-order valence-corrected chi connectivity index (χ0v) is 14.1. The topological polar surface area (TPSA) is 105 Å². The second-order valence-electron chi connectivity index (χ2n) is 6.49. The Balaban J connectivity index is 1.70. The number of nitrogens with zero attached hydrogens (tertiary/aromatic N) is 4. The van der Waals surface area contributed by atoms with Gasteiger partial charge in [-0.15, -0.1) is 5.10 Å². The summed E-state index contributed by atoms with van der Waals surface area (Å²) in [4.78, 5) is 8.49. The quantitative estimate of drug-likeness (QED) is 0.743. The Morgan fingerprint density at radius 2 is 2.16 bits per heavy atom. The summed E-state index contributed by atoms with van der Waals surface area (Å²) in [6.45, 7) is -0.473. The molecule has 2 fully saturated rings. The third-order valence-corrected chi connectivity index (χ3v) is 5.01. The molecule has 1 saturated carbocycles. The predicted octanol–water partition coefficient (Wildman–Crippen LogP) is 1.26. The van der Waals surface area contributed by atoms with E-state index < -0.39 is 31.1 Å². The van der Waals surface area contributed by atoms with E-state index in [9.17, 15) is 14.6 Å². The second kappa shape index (κ2) is 6.64. The molecule has 2 aliphatic rings. The molecule has 3 heterocycles. The summed E-state index contributed by atoms with van der Waals surface area (Å²) in [5.41, 5.74) is 0.736. The third-order valence-electron chi connectivity index (χ3n) is 4.85. The van der Waals surface area contributed by atoms with Gasteiger partial charge in [0.25, 0.3) is 0 Å². The number of hydrogen-bond donors (Lipinski definition) is 3. The van der Waals surface area contributed by atoms with Crippen LogP contribution in [0, 0.1) is 0 Å². The van der Waals surface area contributed by atoms with Gasteiger partial charge in [-0.25, -0.2) is 13.9 Å². The van der Waals surface area contributed by atoms with Crippen LogP contribution in [0.15, 0.2) is 6.20 Å². The lowest BCUT2D eigenvalue weighted by Gasteiger charge is -2.15. The van der Waals surface area contributed by atoms with E-state index in [1.54, 1.807) is 0 Å². The molecule has 2 aromatic heterocycles. The molecular weight excluding hydrogens is 353 g/mol. The van der Waals surface area contributed by atoms with Crippen LogP contribution in [0.2, 0.25) is 5.28 Å². The Labute approximate surface area is 148 Å². The molecular formula is C15H19ClFN5O3. The Morgan fingerprint density at radius 1 is 1.40 bits per heavy atom. The first-order valence-electron chi connectivity index (χ1n) is 8.34. The van der Waals surface area contributed by atoms with Gasteiger partial charge in [0, 0.05) is 6.04 Å². The lowest BCUT2D eigenvalue weighted by molar-refractivity contribution is -0.0241. The van der Waals surface area contributed by atoms with Gasteiger partial charge >= 0.3 is 0 Å². The van der Waals surface area contributed by atoms with Crippen LogP contribution in [-0.4, -0.2) is 60.8 Å². The summed E-state index contributed by atoms with van der Waals surface area (Å²) in [6.07, 6.45) is 0.661. The summed E-state index contributed by atoms with van der Waals surface area (Å²) < 4.78 is 21.2. The van der Waals surface area contributed by atoms with Crippen molar-refractivity contribution in [3.8, 4) is 0 Å². The van der Waals surface area contributed by atoms with Crippen molar-refractivity contribution < 1.29 is 19.3 Å². The highest BCUT2D eigenvalue weighted by Crippen LogP contribution is 2.36. The van der Waals surface area contributed by atoms with E-state index in [0.717, 1.165) is 25.7 Å². The predicted molar refractivity (Wildman–Crippen MR) is 87.3 cm³/mol. The summed E-state index contributed by atoms with van der Waals surface area (Å²) in [6, 6.07) is 0.298. The van der Waals surface area contributed by atoms with E-state index in [1.807, 2.05) is 0 Å². The van der Waals surface area contributed by atoms with Gasteiger partial charge in [0.2, 0.25) is 5.28 Å². The van der Waals surface area contributed by atoms with E-state index in [1.165, 1.54) is 10.7 Å². The van der Waals surface area contributed by atoms with Crippen LogP contribution in [0.25, 0.3) is 5.65 Å². The zero-order valence-electron chi connectivity index (χ0n) is 13.3. The Bertz CT molecular complexity index is 769. The minimum Gasteiger partial charge on any atom is -0.394 e. The highest BCUT2D eigenvalue weighted by molar-refractivity contribution is 6.28. The molecule has 1 aliphatic heterocycles. The van der Waals surface area contributed by atoms with E-state index >= 15 is 0 Å². The highest BCUT2D eigenvalue weighted by atomic mass is 35.5. The van der Waals surface area contributed by atoms with Crippen molar-refractivity contribution in [2.75, 3.05) is 11.9 Å². The van der Waals surface area contributed by atoms with Crippen molar-refractivity contribution in [1.29, 1.82) is 0 Å². The number of anilines is 1. The number of aliphatic hydroxyl groups excluding tert-OH is 2. The summed E-state index contributed by atoms with van der Waals surface area (Å²) in [7, 11) is 0. The van der Waals surface area contributed by atoms with Crippen LogP contribution >= 0.6 is 11.6 Å². The molecule has 1 unspecified atom stereocenters. The van der Waals surface area contributed by atoms with Gasteiger partial charge in [0.15, 0.2) is 17.6 Å². The molecule has 0 amide bonds. The van der Waals surface area contributed by atoms with Crippen LogP contribution in [0.1, 0.15) is 37.5 Å². The number of imidazole rings is 1. The fourth-order valence-electron chi connectivity index (χ4n) is 3.54. The van der Waals surface area contributed by atoms with Crippen LogP contribution < -0.4 is 5.32 Å². The highest BCUT2D eigenvalue weighted by Gasteiger charge is 2.46. The van der Waals surface area contributed by atoms with Crippen molar-refractivity contribution >= 4 is 23.1 Å². The van der Waals surface area contributed by atoms with Gasteiger partial charge in [-0.3, -0.25) is 0 Å². The average Bonchev–Trinajstić information content (AvgIpc) is 3.29. The first-order chi connectivity index (χ1) is 12.1. The lowest BCUT2D eigenvalue weighted by Crippen LogP contribution is -2.30. The maximum atomic E-state index is 14.4. The van der Waals surface area contributed by atoms with E-state index in [-0.39, 0.29) is 5.28 Å². The molecule has 0 bridgehead atoms. The number of ether oxygens (including phenoxy) is 1. The van der Waals surface area contributed by atoms with E-state index in [2.05, 4.69) is 20.4 Å². The van der Waals surface area contributed by atoms with Crippen molar-refractivity contribution in [2.24, 2.45) is 0 Å². The van der Waals surface area contributed by atoms with Crippen LogP contribution in [-0.2, 0) is 4.74 Å². The number of aromatic nitrogens is 4.